The lowest BCUT2D eigenvalue weighted by Crippen LogP contribution is -2.35. The predicted octanol–water partition coefficient (Wildman–Crippen LogP) is 2.05. The maximum absolute atomic E-state index is 11.2. The van der Waals surface area contributed by atoms with Crippen molar-refractivity contribution in [3.63, 3.8) is 0 Å². The van der Waals surface area contributed by atoms with Crippen LogP contribution in [-0.4, -0.2) is 35.7 Å². The minimum atomic E-state index is -0.723. The lowest BCUT2D eigenvalue weighted by molar-refractivity contribution is -0.142. The zero-order valence-electron chi connectivity index (χ0n) is 10.8. The van der Waals surface area contributed by atoms with E-state index in [1.807, 2.05) is 24.0 Å². The number of aryl methyl sites for hydroxylation is 1. The molecular weight excluding hydrogens is 230 g/mol. The third-order valence-electron chi connectivity index (χ3n) is 3.46. The van der Waals surface area contributed by atoms with Gasteiger partial charge in [-0.2, -0.15) is 0 Å². The van der Waals surface area contributed by atoms with Gasteiger partial charge < -0.3 is 9.84 Å². The first-order valence-corrected chi connectivity index (χ1v) is 6.22. The van der Waals surface area contributed by atoms with Crippen LogP contribution < -0.4 is 4.74 Å². The van der Waals surface area contributed by atoms with Gasteiger partial charge in [-0.1, -0.05) is 17.7 Å². The molecule has 0 amide bonds. The highest BCUT2D eigenvalue weighted by atomic mass is 16.5. The molecule has 0 bridgehead atoms. The van der Waals surface area contributed by atoms with Gasteiger partial charge in [-0.15, -0.1) is 0 Å². The summed E-state index contributed by atoms with van der Waals surface area (Å²) in [5, 5.41) is 9.17. The SMILES string of the molecule is COc1ccc(C)cc1CN1CCC[C@H]1C(=O)O. The van der Waals surface area contributed by atoms with Crippen molar-refractivity contribution in [1.29, 1.82) is 0 Å². The van der Waals surface area contributed by atoms with E-state index in [0.717, 1.165) is 36.3 Å². The van der Waals surface area contributed by atoms with Crippen molar-refractivity contribution < 1.29 is 14.6 Å². The Hall–Kier alpha value is -1.55. The van der Waals surface area contributed by atoms with Gasteiger partial charge in [0.2, 0.25) is 0 Å². The summed E-state index contributed by atoms with van der Waals surface area (Å²) in [5.74, 6) is 0.107. The van der Waals surface area contributed by atoms with E-state index >= 15 is 0 Å². The van der Waals surface area contributed by atoms with Crippen LogP contribution in [0.1, 0.15) is 24.0 Å². The van der Waals surface area contributed by atoms with E-state index in [-0.39, 0.29) is 6.04 Å². The number of likely N-dealkylation sites (tertiary alicyclic amines) is 1. The highest BCUT2D eigenvalue weighted by Crippen LogP contribution is 2.26. The fraction of sp³-hybridized carbons (Fsp3) is 0.500. The number of hydrogen-bond donors (Lipinski definition) is 1. The number of aliphatic carboxylic acids is 1. The summed E-state index contributed by atoms with van der Waals surface area (Å²) in [6, 6.07) is 5.66. The first-order chi connectivity index (χ1) is 8.61. The van der Waals surface area contributed by atoms with E-state index < -0.39 is 5.97 Å². The van der Waals surface area contributed by atoms with Crippen molar-refractivity contribution in [2.24, 2.45) is 0 Å². The van der Waals surface area contributed by atoms with Gasteiger partial charge in [0, 0.05) is 12.1 Å². The van der Waals surface area contributed by atoms with Gasteiger partial charge in [-0.3, -0.25) is 9.69 Å². The van der Waals surface area contributed by atoms with Crippen LogP contribution in [0, 0.1) is 6.92 Å². The molecule has 0 radical (unpaired) electrons. The fourth-order valence-electron chi connectivity index (χ4n) is 2.54. The second kappa shape index (κ2) is 5.40. The lowest BCUT2D eigenvalue weighted by Gasteiger charge is -2.22. The van der Waals surface area contributed by atoms with Crippen molar-refractivity contribution in [3.05, 3.63) is 29.3 Å². The topological polar surface area (TPSA) is 49.8 Å². The first kappa shape index (κ1) is 12.9. The average molecular weight is 249 g/mol. The second-order valence-electron chi connectivity index (χ2n) is 4.78. The molecule has 1 saturated heterocycles. The Morgan fingerprint density at radius 3 is 3.00 bits per heavy atom. The van der Waals surface area contributed by atoms with Crippen LogP contribution >= 0.6 is 0 Å². The zero-order chi connectivity index (χ0) is 13.1. The van der Waals surface area contributed by atoms with E-state index in [9.17, 15) is 4.79 Å². The number of rotatable bonds is 4. The number of methoxy groups -OCH3 is 1. The molecule has 1 atom stereocenters. The largest absolute Gasteiger partial charge is 0.496 e. The minimum Gasteiger partial charge on any atom is -0.496 e. The molecule has 1 fully saturated rings. The molecule has 98 valence electrons. The third kappa shape index (κ3) is 2.64. The number of carbonyl (C=O) groups is 1. The van der Waals surface area contributed by atoms with E-state index in [4.69, 9.17) is 9.84 Å². The Morgan fingerprint density at radius 2 is 2.33 bits per heavy atom. The molecule has 1 aliphatic heterocycles. The number of carboxylic acid groups (broad SMARTS) is 1. The van der Waals surface area contributed by atoms with Gasteiger partial charge >= 0.3 is 5.97 Å². The van der Waals surface area contributed by atoms with Crippen LogP contribution in [-0.2, 0) is 11.3 Å². The Morgan fingerprint density at radius 1 is 1.56 bits per heavy atom. The van der Waals surface area contributed by atoms with Crippen LogP contribution in [0.4, 0.5) is 0 Å². The molecule has 0 aromatic heterocycles. The summed E-state index contributed by atoms with van der Waals surface area (Å²) in [5.41, 5.74) is 2.22. The Bertz CT molecular complexity index is 445. The van der Waals surface area contributed by atoms with Crippen molar-refractivity contribution >= 4 is 5.97 Å². The molecular formula is C14H19NO3. The lowest BCUT2D eigenvalue weighted by atomic mass is 10.1. The fourth-order valence-corrected chi connectivity index (χ4v) is 2.54. The Kier molecular flexibility index (Phi) is 3.87. The van der Waals surface area contributed by atoms with Gasteiger partial charge in [0.25, 0.3) is 0 Å². The van der Waals surface area contributed by atoms with E-state index in [2.05, 4.69) is 6.07 Å². The minimum absolute atomic E-state index is 0.352. The molecule has 0 aliphatic carbocycles. The molecule has 0 unspecified atom stereocenters. The van der Waals surface area contributed by atoms with Crippen molar-refractivity contribution in [2.45, 2.75) is 32.4 Å². The summed E-state index contributed by atoms with van der Waals surface area (Å²) >= 11 is 0. The number of carboxylic acids is 1. The van der Waals surface area contributed by atoms with Crippen molar-refractivity contribution in [3.8, 4) is 5.75 Å². The monoisotopic (exact) mass is 249 g/mol. The van der Waals surface area contributed by atoms with Gasteiger partial charge in [0.1, 0.15) is 11.8 Å². The summed E-state index contributed by atoms with van der Waals surface area (Å²) in [4.78, 5) is 13.2. The first-order valence-electron chi connectivity index (χ1n) is 6.22. The highest BCUT2D eigenvalue weighted by molar-refractivity contribution is 5.73. The van der Waals surface area contributed by atoms with Gasteiger partial charge in [-0.25, -0.2) is 0 Å². The van der Waals surface area contributed by atoms with E-state index in [0.29, 0.717) is 6.54 Å². The molecule has 1 aromatic carbocycles. The second-order valence-corrected chi connectivity index (χ2v) is 4.78. The molecule has 1 aromatic rings. The maximum atomic E-state index is 11.2. The maximum Gasteiger partial charge on any atom is 0.320 e. The van der Waals surface area contributed by atoms with Crippen LogP contribution in [0.2, 0.25) is 0 Å². The van der Waals surface area contributed by atoms with Crippen LogP contribution in [0.15, 0.2) is 18.2 Å². The smallest absolute Gasteiger partial charge is 0.320 e. The molecule has 1 N–H and O–H groups in total. The Balaban J connectivity index is 2.18. The number of hydrogen-bond acceptors (Lipinski definition) is 3. The Labute approximate surface area is 107 Å². The summed E-state index contributed by atoms with van der Waals surface area (Å²) in [7, 11) is 1.65. The molecule has 0 spiro atoms. The van der Waals surface area contributed by atoms with Crippen LogP contribution in [0.3, 0.4) is 0 Å². The van der Waals surface area contributed by atoms with Gasteiger partial charge in [0.05, 0.1) is 7.11 Å². The highest BCUT2D eigenvalue weighted by Gasteiger charge is 2.30. The van der Waals surface area contributed by atoms with E-state index in [1.54, 1.807) is 7.11 Å². The average Bonchev–Trinajstić information content (AvgIpc) is 2.77. The number of nitrogens with zero attached hydrogens (tertiary/aromatic N) is 1. The predicted molar refractivity (Wildman–Crippen MR) is 68.8 cm³/mol. The molecule has 0 saturated carbocycles. The van der Waals surface area contributed by atoms with E-state index in [1.165, 1.54) is 0 Å². The zero-order valence-corrected chi connectivity index (χ0v) is 10.8. The molecule has 2 rings (SSSR count). The number of benzene rings is 1. The van der Waals surface area contributed by atoms with Gasteiger partial charge in [0.15, 0.2) is 0 Å². The molecule has 4 heteroatoms. The van der Waals surface area contributed by atoms with Crippen LogP contribution in [0.25, 0.3) is 0 Å². The standard InChI is InChI=1S/C14H19NO3/c1-10-5-6-13(18-2)11(8-10)9-15-7-3-4-12(15)14(16)17/h5-6,8,12H,3-4,7,9H2,1-2H3,(H,16,17)/t12-/m0/s1. The summed E-state index contributed by atoms with van der Waals surface area (Å²) < 4.78 is 5.33. The summed E-state index contributed by atoms with van der Waals surface area (Å²) in [6.45, 7) is 3.51. The number of ether oxygens (including phenoxy) is 1. The van der Waals surface area contributed by atoms with Gasteiger partial charge in [-0.05, 0) is 32.4 Å². The molecule has 4 nitrogen and oxygen atoms in total. The van der Waals surface area contributed by atoms with Crippen molar-refractivity contribution in [2.75, 3.05) is 13.7 Å². The van der Waals surface area contributed by atoms with Crippen LogP contribution in [0.5, 0.6) is 5.75 Å². The molecule has 1 aliphatic rings. The quantitative estimate of drug-likeness (QED) is 0.887. The summed E-state index contributed by atoms with van der Waals surface area (Å²) in [6.07, 6.45) is 1.69. The molecule has 1 heterocycles. The molecule has 18 heavy (non-hydrogen) atoms. The normalized spacial score (nSPS) is 20.0. The van der Waals surface area contributed by atoms with Crippen molar-refractivity contribution in [1.82, 2.24) is 4.90 Å². The third-order valence-corrected chi connectivity index (χ3v) is 3.46.